The predicted octanol–water partition coefficient (Wildman–Crippen LogP) is 11.3. The molecule has 0 heterocycles. The zero-order valence-corrected chi connectivity index (χ0v) is 28.8. The average molecular weight is 580 g/mol. The summed E-state index contributed by atoms with van der Waals surface area (Å²) in [7, 11) is 0. The van der Waals surface area contributed by atoms with Crippen molar-refractivity contribution in [2.45, 2.75) is 213 Å². The largest absolute Gasteiger partial charge is 0.544 e. The quantitative estimate of drug-likeness (QED) is 0.0553. The van der Waals surface area contributed by atoms with Crippen LogP contribution in [0.3, 0.4) is 0 Å². The molecule has 0 amide bonds. The molecule has 0 aliphatic carbocycles. The lowest BCUT2D eigenvalue weighted by Crippen LogP contribution is -2.55. The van der Waals surface area contributed by atoms with Crippen LogP contribution in [0.2, 0.25) is 0 Å². The fourth-order valence-electron chi connectivity index (χ4n) is 6.65. The number of rotatable bonds is 35. The van der Waals surface area contributed by atoms with Crippen LogP contribution < -0.4 is 5.11 Å². The van der Waals surface area contributed by atoms with Crippen molar-refractivity contribution in [3.05, 3.63) is 0 Å². The molecule has 0 aromatic heterocycles. The van der Waals surface area contributed by atoms with E-state index in [0.717, 1.165) is 24.1 Å². The predicted molar refractivity (Wildman–Crippen MR) is 180 cm³/mol. The van der Waals surface area contributed by atoms with Crippen LogP contribution in [0.4, 0.5) is 0 Å². The number of hydrogen-bond donors (Lipinski definition) is 0. The Morgan fingerprint density at radius 2 is 0.561 bits per heavy atom. The lowest BCUT2D eigenvalue weighted by Gasteiger charge is -2.39. The van der Waals surface area contributed by atoms with Crippen LogP contribution in [0.5, 0.6) is 0 Å². The minimum absolute atomic E-state index is 0.228. The van der Waals surface area contributed by atoms with E-state index in [9.17, 15) is 9.90 Å². The molecule has 0 atom stereocenters. The molecule has 3 nitrogen and oxygen atoms in total. The molecular weight excluding hydrogens is 502 g/mol. The number of nitrogens with zero attached hydrogens (tertiary/aromatic N) is 1. The highest BCUT2D eigenvalue weighted by molar-refractivity contribution is 5.65. The van der Waals surface area contributed by atoms with Crippen molar-refractivity contribution >= 4 is 5.97 Å². The van der Waals surface area contributed by atoms with E-state index in [1.807, 2.05) is 0 Å². The first-order chi connectivity index (χ1) is 20.1. The Morgan fingerprint density at radius 1 is 0.366 bits per heavy atom. The van der Waals surface area contributed by atoms with Gasteiger partial charge in [-0.3, -0.25) is 0 Å². The molecule has 0 radical (unpaired) electrons. The molecule has 0 rings (SSSR count). The fourth-order valence-corrected chi connectivity index (χ4v) is 6.65. The van der Waals surface area contributed by atoms with Crippen molar-refractivity contribution < 1.29 is 14.4 Å². The van der Waals surface area contributed by atoms with Crippen molar-refractivity contribution in [1.29, 1.82) is 0 Å². The monoisotopic (exact) mass is 580 g/mol. The Hall–Kier alpha value is -0.570. The minimum Gasteiger partial charge on any atom is -0.544 e. The zero-order valence-electron chi connectivity index (χ0n) is 28.8. The van der Waals surface area contributed by atoms with Gasteiger partial charge in [-0.05, 0) is 38.5 Å². The number of carbonyl (C=O) groups excluding carboxylic acids is 1. The second kappa shape index (κ2) is 32.3. The molecule has 0 aromatic rings. The van der Waals surface area contributed by atoms with Gasteiger partial charge in [-0.2, -0.15) is 0 Å². The van der Waals surface area contributed by atoms with E-state index in [1.165, 1.54) is 193 Å². The molecule has 0 spiro atoms. The van der Waals surface area contributed by atoms with Crippen LogP contribution in [-0.2, 0) is 4.79 Å². The molecule has 0 N–H and O–H groups in total. The number of carboxylic acid groups (broad SMARTS) is 1. The number of aliphatic carboxylic acids is 1. The molecule has 0 aromatic carbocycles. The molecule has 246 valence electrons. The van der Waals surface area contributed by atoms with E-state index in [1.54, 1.807) is 0 Å². The Labute approximate surface area is 259 Å². The summed E-state index contributed by atoms with van der Waals surface area (Å²) in [6.45, 7) is 10.2. The molecule has 0 fully saturated rings. The minimum atomic E-state index is -0.837. The molecule has 0 unspecified atom stereocenters. The molecule has 3 heteroatoms. The fraction of sp³-hybridized carbons (Fsp3) is 0.974. The van der Waals surface area contributed by atoms with Gasteiger partial charge in [0.1, 0.15) is 6.54 Å². The zero-order chi connectivity index (χ0) is 30.1. The highest BCUT2D eigenvalue weighted by atomic mass is 16.4. The van der Waals surface area contributed by atoms with E-state index in [0.29, 0.717) is 0 Å². The van der Waals surface area contributed by atoms with Crippen molar-refractivity contribution in [3.8, 4) is 0 Å². The SMILES string of the molecule is CCCCCCCCCCCC[N+](CCCCCCCCCCCC)(CCCCCCCCCCCC)CC(=O)[O-]. The molecule has 0 aliphatic rings. The number of carbonyl (C=O) groups is 1. The highest BCUT2D eigenvalue weighted by Gasteiger charge is 2.26. The van der Waals surface area contributed by atoms with Crippen LogP contribution in [0.15, 0.2) is 0 Å². The average Bonchev–Trinajstić information content (AvgIpc) is 2.95. The third-order valence-electron chi connectivity index (χ3n) is 9.42. The summed E-state index contributed by atoms with van der Waals surface area (Å²) in [5, 5.41) is 11.9. The number of hydrogen-bond acceptors (Lipinski definition) is 2. The van der Waals surface area contributed by atoms with Crippen molar-refractivity contribution in [2.24, 2.45) is 0 Å². The molecule has 0 bridgehead atoms. The van der Waals surface area contributed by atoms with Crippen LogP contribution in [0.25, 0.3) is 0 Å². The van der Waals surface area contributed by atoms with E-state index in [4.69, 9.17) is 0 Å². The summed E-state index contributed by atoms with van der Waals surface area (Å²) in [5.74, 6) is -0.837. The number of unbranched alkanes of at least 4 members (excludes halogenated alkanes) is 27. The van der Waals surface area contributed by atoms with Gasteiger partial charge in [0, 0.05) is 0 Å². The van der Waals surface area contributed by atoms with Gasteiger partial charge < -0.3 is 14.4 Å². The summed E-state index contributed by atoms with van der Waals surface area (Å²) in [6, 6.07) is 0. The van der Waals surface area contributed by atoms with Crippen LogP contribution in [-0.4, -0.2) is 36.6 Å². The maximum Gasteiger partial charge on any atom is 0.119 e. The van der Waals surface area contributed by atoms with Crippen molar-refractivity contribution in [3.63, 3.8) is 0 Å². The van der Waals surface area contributed by atoms with Gasteiger partial charge in [-0.1, -0.05) is 175 Å². The third-order valence-corrected chi connectivity index (χ3v) is 9.42. The summed E-state index contributed by atoms with van der Waals surface area (Å²) in [4.78, 5) is 11.9. The molecule has 41 heavy (non-hydrogen) atoms. The van der Waals surface area contributed by atoms with Crippen LogP contribution in [0, 0.1) is 0 Å². The van der Waals surface area contributed by atoms with Gasteiger partial charge in [0.05, 0.1) is 25.6 Å². The van der Waals surface area contributed by atoms with E-state index >= 15 is 0 Å². The number of quaternary nitrogens is 1. The Kier molecular flexibility index (Phi) is 31.9. The van der Waals surface area contributed by atoms with Crippen LogP contribution >= 0.6 is 0 Å². The van der Waals surface area contributed by atoms with Gasteiger partial charge in [0.25, 0.3) is 0 Å². The maximum atomic E-state index is 11.9. The Bertz CT molecular complexity index is 461. The lowest BCUT2D eigenvalue weighted by molar-refractivity contribution is -0.923. The van der Waals surface area contributed by atoms with Crippen LogP contribution in [0.1, 0.15) is 213 Å². The summed E-state index contributed by atoms with van der Waals surface area (Å²) in [5.41, 5.74) is 0. The second-order valence-corrected chi connectivity index (χ2v) is 13.6. The third kappa shape index (κ3) is 29.3. The van der Waals surface area contributed by atoms with Gasteiger partial charge in [-0.25, -0.2) is 0 Å². The van der Waals surface area contributed by atoms with E-state index in [2.05, 4.69) is 20.8 Å². The first-order valence-electron chi connectivity index (χ1n) is 19.1. The summed E-state index contributed by atoms with van der Waals surface area (Å²) < 4.78 is 0.785. The maximum absolute atomic E-state index is 11.9. The highest BCUT2D eigenvalue weighted by Crippen LogP contribution is 2.19. The lowest BCUT2D eigenvalue weighted by atomic mass is 10.0. The summed E-state index contributed by atoms with van der Waals surface area (Å²) >= 11 is 0. The van der Waals surface area contributed by atoms with E-state index < -0.39 is 5.97 Å². The number of carboxylic acids is 1. The Balaban J connectivity index is 4.51. The molecule has 0 aliphatic heterocycles. The Morgan fingerprint density at radius 3 is 0.756 bits per heavy atom. The molecule has 0 saturated heterocycles. The standard InChI is InChI=1S/C38H77NO2/c1-4-7-10-13-16-19-22-25-28-31-34-39(37-38(40)41,35-32-29-26-23-20-17-14-11-8-5-2)36-33-30-27-24-21-18-15-12-9-6-3/h4-37H2,1-3H3. The first kappa shape index (κ1) is 40.4. The first-order valence-corrected chi connectivity index (χ1v) is 19.1. The van der Waals surface area contributed by atoms with Crippen molar-refractivity contribution in [1.82, 2.24) is 0 Å². The smallest absolute Gasteiger partial charge is 0.119 e. The van der Waals surface area contributed by atoms with Gasteiger partial charge in [0.2, 0.25) is 0 Å². The van der Waals surface area contributed by atoms with Crippen molar-refractivity contribution in [2.75, 3.05) is 26.2 Å². The molecular formula is C38H77NO2. The van der Waals surface area contributed by atoms with Gasteiger partial charge in [0.15, 0.2) is 0 Å². The molecule has 0 saturated carbocycles. The second-order valence-electron chi connectivity index (χ2n) is 13.6. The van der Waals surface area contributed by atoms with Gasteiger partial charge in [-0.15, -0.1) is 0 Å². The normalized spacial score (nSPS) is 11.9. The van der Waals surface area contributed by atoms with Gasteiger partial charge >= 0.3 is 0 Å². The summed E-state index contributed by atoms with van der Waals surface area (Å²) in [6.07, 6.45) is 40.1. The van der Waals surface area contributed by atoms with E-state index in [-0.39, 0.29) is 6.54 Å². The topological polar surface area (TPSA) is 40.1 Å².